The second kappa shape index (κ2) is 6.39. The number of aromatic nitrogens is 4. The van der Waals surface area contributed by atoms with E-state index in [0.29, 0.717) is 22.5 Å². The Bertz CT molecular complexity index is 1090. The molecule has 0 bridgehead atoms. The molecule has 5 nitrogen and oxygen atoms in total. The molecule has 2 saturated carbocycles. The maximum Gasteiger partial charge on any atom is 0.169 e. The second-order valence-corrected chi connectivity index (χ2v) is 10.7. The fourth-order valence-electron chi connectivity index (χ4n) is 7.54. The number of aliphatic hydroxyl groups excluding tert-OH is 1. The molecule has 6 heteroatoms. The number of hydrogen-bond donors (Lipinski definition) is 1. The molecule has 2 aromatic heterocycles. The molecule has 158 valence electrons. The number of nitrogens with zero attached hydrogens (tertiary/aromatic N) is 4. The van der Waals surface area contributed by atoms with Crippen LogP contribution >= 0.6 is 11.6 Å². The Balaban J connectivity index is 1.37. The van der Waals surface area contributed by atoms with Crippen molar-refractivity contribution < 1.29 is 5.11 Å². The molecule has 0 spiro atoms. The SMILES string of the molecule is C[C@]12CC[C@H](O)CC1=CCC1C2CC[C@]2(C)C(n3cnc4c(Cl)ncnc43)=CCC12. The molecule has 2 aromatic rings. The van der Waals surface area contributed by atoms with Crippen LogP contribution in [0, 0.1) is 28.6 Å². The van der Waals surface area contributed by atoms with Gasteiger partial charge >= 0.3 is 0 Å². The third kappa shape index (κ3) is 2.42. The van der Waals surface area contributed by atoms with Crippen molar-refractivity contribution in [2.45, 2.75) is 64.9 Å². The molecule has 0 amide bonds. The molecule has 2 fully saturated rings. The molecule has 0 saturated heterocycles. The molecule has 2 heterocycles. The van der Waals surface area contributed by atoms with Crippen LogP contribution in [-0.2, 0) is 0 Å². The first-order valence-electron chi connectivity index (χ1n) is 11.3. The Labute approximate surface area is 182 Å². The highest BCUT2D eigenvalue weighted by atomic mass is 35.5. The smallest absolute Gasteiger partial charge is 0.169 e. The Morgan fingerprint density at radius 2 is 1.87 bits per heavy atom. The van der Waals surface area contributed by atoms with Crippen LogP contribution in [0.2, 0.25) is 5.15 Å². The van der Waals surface area contributed by atoms with E-state index in [2.05, 4.69) is 45.5 Å². The lowest BCUT2D eigenvalue weighted by molar-refractivity contribution is -0.0249. The van der Waals surface area contributed by atoms with E-state index in [-0.39, 0.29) is 16.9 Å². The number of imidazole rings is 1. The summed E-state index contributed by atoms with van der Waals surface area (Å²) in [5, 5.41) is 10.6. The van der Waals surface area contributed by atoms with E-state index < -0.39 is 0 Å². The highest BCUT2D eigenvalue weighted by molar-refractivity contribution is 6.33. The molecular weight excluding hydrogens is 396 g/mol. The average molecular weight is 425 g/mol. The molecule has 6 rings (SSSR count). The Hall–Kier alpha value is -1.72. The molecule has 0 radical (unpaired) electrons. The lowest BCUT2D eigenvalue weighted by Gasteiger charge is -2.57. The van der Waals surface area contributed by atoms with Gasteiger partial charge in [0.2, 0.25) is 0 Å². The van der Waals surface area contributed by atoms with E-state index in [1.165, 1.54) is 30.4 Å². The van der Waals surface area contributed by atoms with Gasteiger partial charge in [0, 0.05) is 11.1 Å². The first kappa shape index (κ1) is 19.0. The van der Waals surface area contributed by atoms with Crippen molar-refractivity contribution in [1.29, 1.82) is 0 Å². The topological polar surface area (TPSA) is 63.8 Å². The van der Waals surface area contributed by atoms with Crippen molar-refractivity contribution >= 4 is 28.5 Å². The van der Waals surface area contributed by atoms with E-state index in [4.69, 9.17) is 11.6 Å². The normalized spacial score (nSPS) is 40.4. The van der Waals surface area contributed by atoms with Crippen LogP contribution in [-0.4, -0.2) is 30.7 Å². The van der Waals surface area contributed by atoms with Crippen LogP contribution < -0.4 is 0 Å². The zero-order valence-electron chi connectivity index (χ0n) is 17.7. The summed E-state index contributed by atoms with van der Waals surface area (Å²) in [6, 6.07) is 0. The molecule has 0 aromatic carbocycles. The van der Waals surface area contributed by atoms with Crippen molar-refractivity contribution in [3.8, 4) is 0 Å². The minimum absolute atomic E-state index is 0.127. The highest BCUT2D eigenvalue weighted by Gasteiger charge is 2.57. The van der Waals surface area contributed by atoms with E-state index in [1.54, 1.807) is 0 Å². The van der Waals surface area contributed by atoms with Gasteiger partial charge in [-0.1, -0.05) is 43.2 Å². The van der Waals surface area contributed by atoms with Crippen LogP contribution in [0.1, 0.15) is 58.8 Å². The first-order chi connectivity index (χ1) is 14.4. The van der Waals surface area contributed by atoms with Gasteiger partial charge in [-0.2, -0.15) is 0 Å². The average Bonchev–Trinajstić information content (AvgIpc) is 3.30. The lowest BCUT2D eigenvalue weighted by Crippen LogP contribution is -2.50. The van der Waals surface area contributed by atoms with E-state index in [0.717, 1.165) is 43.7 Å². The second-order valence-electron chi connectivity index (χ2n) is 10.4. The monoisotopic (exact) mass is 424 g/mol. The van der Waals surface area contributed by atoms with Crippen LogP contribution in [0.3, 0.4) is 0 Å². The minimum Gasteiger partial charge on any atom is -0.393 e. The standard InChI is InChI=1S/C24H29ClN4O/c1-23-9-7-15(30)11-14(23)3-4-16-17-5-6-19(24(17,2)10-8-18(16)23)29-13-28-20-21(25)26-12-27-22(20)29/h3,6,12-13,15-18,30H,4-5,7-11H2,1-2H3/t15-,16?,17?,18?,23-,24-/m0/s1. The Morgan fingerprint density at radius 3 is 2.73 bits per heavy atom. The van der Waals surface area contributed by atoms with Crippen LogP contribution in [0.25, 0.3) is 16.9 Å². The summed E-state index contributed by atoms with van der Waals surface area (Å²) >= 11 is 6.26. The predicted molar refractivity (Wildman–Crippen MR) is 118 cm³/mol. The Morgan fingerprint density at radius 1 is 1.03 bits per heavy atom. The van der Waals surface area contributed by atoms with Crippen molar-refractivity contribution in [1.82, 2.24) is 19.5 Å². The van der Waals surface area contributed by atoms with Crippen LogP contribution in [0.15, 0.2) is 30.4 Å². The fourth-order valence-corrected chi connectivity index (χ4v) is 7.72. The molecule has 6 atom stereocenters. The number of halogens is 1. The number of hydrogen-bond acceptors (Lipinski definition) is 4. The van der Waals surface area contributed by atoms with E-state index in [1.807, 2.05) is 6.33 Å². The van der Waals surface area contributed by atoms with Crippen molar-refractivity contribution in [2.24, 2.45) is 28.6 Å². The van der Waals surface area contributed by atoms with Gasteiger partial charge in [-0.15, -0.1) is 0 Å². The molecule has 1 N–H and O–H groups in total. The molecular formula is C24H29ClN4O. The van der Waals surface area contributed by atoms with Crippen LogP contribution in [0.5, 0.6) is 0 Å². The van der Waals surface area contributed by atoms with E-state index in [9.17, 15) is 5.11 Å². The third-order valence-corrected chi connectivity index (χ3v) is 9.44. The quantitative estimate of drug-likeness (QED) is 0.501. The Kier molecular flexibility index (Phi) is 4.05. The first-order valence-corrected chi connectivity index (χ1v) is 11.7. The summed E-state index contributed by atoms with van der Waals surface area (Å²) in [5.74, 6) is 2.07. The molecule has 3 unspecified atom stereocenters. The van der Waals surface area contributed by atoms with Gasteiger partial charge in [0.1, 0.15) is 18.2 Å². The summed E-state index contributed by atoms with van der Waals surface area (Å²) in [6.45, 7) is 4.93. The number of fused-ring (bicyclic) bond motifs is 6. The predicted octanol–water partition coefficient (Wildman–Crippen LogP) is 5.25. The zero-order chi connectivity index (χ0) is 20.7. The van der Waals surface area contributed by atoms with Gasteiger partial charge in [-0.25, -0.2) is 15.0 Å². The summed E-state index contributed by atoms with van der Waals surface area (Å²) in [4.78, 5) is 13.1. The summed E-state index contributed by atoms with van der Waals surface area (Å²) < 4.78 is 2.16. The maximum absolute atomic E-state index is 10.2. The van der Waals surface area contributed by atoms with Crippen molar-refractivity contribution in [2.75, 3.05) is 0 Å². The fraction of sp³-hybridized carbons (Fsp3) is 0.625. The summed E-state index contributed by atoms with van der Waals surface area (Å²) in [6.07, 6.45) is 15.9. The minimum atomic E-state index is -0.141. The zero-order valence-corrected chi connectivity index (χ0v) is 18.4. The van der Waals surface area contributed by atoms with E-state index >= 15 is 0 Å². The van der Waals surface area contributed by atoms with Gasteiger partial charge in [0.15, 0.2) is 10.8 Å². The summed E-state index contributed by atoms with van der Waals surface area (Å²) in [7, 11) is 0. The third-order valence-electron chi connectivity index (χ3n) is 9.17. The summed E-state index contributed by atoms with van der Waals surface area (Å²) in [5.41, 5.74) is 4.76. The lowest BCUT2D eigenvalue weighted by atomic mass is 9.48. The van der Waals surface area contributed by atoms with Gasteiger partial charge in [-0.05, 0) is 68.1 Å². The largest absolute Gasteiger partial charge is 0.393 e. The number of allylic oxidation sites excluding steroid dienone is 3. The maximum atomic E-state index is 10.2. The van der Waals surface area contributed by atoms with Crippen molar-refractivity contribution in [3.63, 3.8) is 0 Å². The van der Waals surface area contributed by atoms with Gasteiger partial charge in [0.05, 0.1) is 6.10 Å². The van der Waals surface area contributed by atoms with Crippen molar-refractivity contribution in [3.05, 3.63) is 35.5 Å². The number of rotatable bonds is 1. The van der Waals surface area contributed by atoms with Gasteiger partial charge < -0.3 is 5.11 Å². The molecule has 4 aliphatic carbocycles. The van der Waals surface area contributed by atoms with Gasteiger partial charge in [0.25, 0.3) is 0 Å². The molecule has 0 aliphatic heterocycles. The molecule has 4 aliphatic rings. The van der Waals surface area contributed by atoms with Crippen LogP contribution in [0.4, 0.5) is 0 Å². The molecule has 30 heavy (non-hydrogen) atoms. The highest BCUT2D eigenvalue weighted by Crippen LogP contribution is 2.65. The number of aliphatic hydroxyl groups is 1. The van der Waals surface area contributed by atoms with Gasteiger partial charge in [-0.3, -0.25) is 4.57 Å².